The Kier molecular flexibility index (Phi) is 3.66. The number of hydrogen-bond acceptors (Lipinski definition) is 3. The van der Waals surface area contributed by atoms with Gasteiger partial charge >= 0.3 is 0 Å². The number of ether oxygens (including phenoxy) is 1. The Morgan fingerprint density at radius 3 is 2.88 bits per heavy atom. The molecular formula is C13H16O2S. The van der Waals surface area contributed by atoms with Crippen molar-refractivity contribution in [1.29, 1.82) is 0 Å². The molecule has 1 aliphatic rings. The predicted molar refractivity (Wildman–Crippen MR) is 66.6 cm³/mol. The molecule has 0 amide bonds. The summed E-state index contributed by atoms with van der Waals surface area (Å²) in [6.45, 7) is 1.62. The van der Waals surface area contributed by atoms with Crippen molar-refractivity contribution in [3.05, 3.63) is 35.4 Å². The standard InChI is InChI=1S/C13H16O2S/c1-9(14)16-12-8-7-10-5-3-4-6-11(10)13(12)15-2/h3-6,12-13H,7-8H2,1-2H3/t12-,13+/m1/s1. The van der Waals surface area contributed by atoms with E-state index in [1.165, 1.54) is 22.9 Å². The van der Waals surface area contributed by atoms with E-state index < -0.39 is 0 Å². The van der Waals surface area contributed by atoms with Crippen LogP contribution < -0.4 is 0 Å². The number of fused-ring (bicyclic) bond motifs is 1. The van der Waals surface area contributed by atoms with Crippen molar-refractivity contribution >= 4 is 16.9 Å². The fourth-order valence-electron chi connectivity index (χ4n) is 2.30. The van der Waals surface area contributed by atoms with Crippen LogP contribution in [0.3, 0.4) is 0 Å². The molecule has 1 aliphatic carbocycles. The molecule has 0 heterocycles. The van der Waals surface area contributed by atoms with Crippen LogP contribution >= 0.6 is 11.8 Å². The Bertz CT molecular complexity index is 389. The molecule has 0 aromatic heterocycles. The average Bonchev–Trinajstić information content (AvgIpc) is 2.28. The number of carbonyl (C=O) groups is 1. The lowest BCUT2D eigenvalue weighted by Crippen LogP contribution is -2.25. The lowest BCUT2D eigenvalue weighted by atomic mass is 9.89. The number of methoxy groups -OCH3 is 1. The third kappa shape index (κ3) is 2.30. The van der Waals surface area contributed by atoms with Crippen LogP contribution in [0, 0.1) is 0 Å². The van der Waals surface area contributed by atoms with Gasteiger partial charge in [-0.3, -0.25) is 4.79 Å². The molecule has 86 valence electrons. The monoisotopic (exact) mass is 236 g/mol. The summed E-state index contributed by atoms with van der Waals surface area (Å²) in [4.78, 5) is 11.2. The maximum absolute atomic E-state index is 11.2. The third-order valence-corrected chi connectivity index (χ3v) is 4.09. The van der Waals surface area contributed by atoms with Gasteiger partial charge < -0.3 is 4.74 Å². The minimum Gasteiger partial charge on any atom is -0.376 e. The lowest BCUT2D eigenvalue weighted by Gasteiger charge is -2.31. The van der Waals surface area contributed by atoms with Gasteiger partial charge in [-0.05, 0) is 24.0 Å². The second-order valence-electron chi connectivity index (χ2n) is 4.04. The van der Waals surface area contributed by atoms with Crippen LogP contribution in [0.25, 0.3) is 0 Å². The van der Waals surface area contributed by atoms with Crippen LogP contribution in [0.2, 0.25) is 0 Å². The van der Waals surface area contributed by atoms with Crippen LogP contribution in [0.15, 0.2) is 24.3 Å². The van der Waals surface area contributed by atoms with Crippen molar-refractivity contribution in [3.63, 3.8) is 0 Å². The zero-order valence-corrected chi connectivity index (χ0v) is 10.4. The Morgan fingerprint density at radius 1 is 1.44 bits per heavy atom. The highest BCUT2D eigenvalue weighted by molar-refractivity contribution is 8.14. The number of thioether (sulfide) groups is 1. The van der Waals surface area contributed by atoms with Gasteiger partial charge in [-0.2, -0.15) is 0 Å². The molecule has 0 spiro atoms. The number of carbonyl (C=O) groups excluding carboxylic acids is 1. The second kappa shape index (κ2) is 5.02. The van der Waals surface area contributed by atoms with Gasteiger partial charge in [-0.1, -0.05) is 36.0 Å². The molecule has 2 nitrogen and oxygen atoms in total. The highest BCUT2D eigenvalue weighted by Gasteiger charge is 2.30. The summed E-state index contributed by atoms with van der Waals surface area (Å²) < 4.78 is 5.56. The van der Waals surface area contributed by atoms with E-state index in [1.54, 1.807) is 14.0 Å². The normalized spacial score (nSPS) is 23.9. The molecule has 0 N–H and O–H groups in total. The summed E-state index contributed by atoms with van der Waals surface area (Å²) in [5, 5.41) is 0.434. The van der Waals surface area contributed by atoms with Crippen LogP contribution in [-0.4, -0.2) is 17.5 Å². The van der Waals surface area contributed by atoms with Crippen molar-refractivity contribution in [3.8, 4) is 0 Å². The van der Waals surface area contributed by atoms with Crippen molar-refractivity contribution in [2.45, 2.75) is 31.1 Å². The third-order valence-electron chi connectivity index (χ3n) is 2.97. The van der Waals surface area contributed by atoms with Gasteiger partial charge in [0.25, 0.3) is 0 Å². The first-order valence-electron chi connectivity index (χ1n) is 5.50. The second-order valence-corrected chi connectivity index (χ2v) is 5.46. The SMILES string of the molecule is CO[C@H]1c2ccccc2CC[C@H]1SC(C)=O. The van der Waals surface area contributed by atoms with Gasteiger partial charge in [-0.15, -0.1) is 0 Å². The Hall–Kier alpha value is -0.800. The number of benzene rings is 1. The van der Waals surface area contributed by atoms with E-state index in [0.29, 0.717) is 0 Å². The summed E-state index contributed by atoms with van der Waals surface area (Å²) >= 11 is 1.41. The number of aryl methyl sites for hydroxylation is 1. The first-order chi connectivity index (χ1) is 7.72. The molecule has 16 heavy (non-hydrogen) atoms. The number of rotatable bonds is 2. The van der Waals surface area contributed by atoms with Gasteiger partial charge in [-0.25, -0.2) is 0 Å². The maximum Gasteiger partial charge on any atom is 0.186 e. The van der Waals surface area contributed by atoms with E-state index in [2.05, 4.69) is 18.2 Å². The van der Waals surface area contributed by atoms with Gasteiger partial charge in [0.2, 0.25) is 0 Å². The van der Waals surface area contributed by atoms with Crippen molar-refractivity contribution in [2.24, 2.45) is 0 Å². The molecule has 0 unspecified atom stereocenters. The summed E-state index contributed by atoms with van der Waals surface area (Å²) in [6, 6.07) is 8.35. The average molecular weight is 236 g/mol. The minimum absolute atomic E-state index is 0.0545. The Balaban J connectivity index is 2.26. The Morgan fingerprint density at radius 2 is 2.19 bits per heavy atom. The van der Waals surface area contributed by atoms with Crippen LogP contribution in [0.5, 0.6) is 0 Å². The first-order valence-corrected chi connectivity index (χ1v) is 6.38. The van der Waals surface area contributed by atoms with E-state index >= 15 is 0 Å². The molecule has 0 bridgehead atoms. The fourth-order valence-corrected chi connectivity index (χ4v) is 3.34. The molecule has 0 radical (unpaired) electrons. The van der Waals surface area contributed by atoms with Gasteiger partial charge in [0.15, 0.2) is 5.12 Å². The van der Waals surface area contributed by atoms with Crippen molar-refractivity contribution in [1.82, 2.24) is 0 Å². The van der Waals surface area contributed by atoms with Crippen LogP contribution in [0.1, 0.15) is 30.6 Å². The smallest absolute Gasteiger partial charge is 0.186 e. The maximum atomic E-state index is 11.2. The number of hydrogen-bond donors (Lipinski definition) is 0. The molecule has 2 atom stereocenters. The molecular weight excluding hydrogens is 220 g/mol. The highest BCUT2D eigenvalue weighted by atomic mass is 32.2. The summed E-state index contributed by atoms with van der Waals surface area (Å²) in [7, 11) is 1.72. The van der Waals surface area contributed by atoms with E-state index in [1.807, 2.05) is 6.07 Å². The molecule has 2 rings (SSSR count). The van der Waals surface area contributed by atoms with Crippen molar-refractivity contribution in [2.75, 3.05) is 7.11 Å². The highest BCUT2D eigenvalue weighted by Crippen LogP contribution is 2.38. The molecule has 1 aromatic rings. The zero-order chi connectivity index (χ0) is 11.5. The minimum atomic E-state index is 0.0545. The van der Waals surface area contributed by atoms with E-state index in [9.17, 15) is 4.79 Å². The summed E-state index contributed by atoms with van der Waals surface area (Å²) in [5.74, 6) is 0. The molecule has 0 fully saturated rings. The molecule has 0 saturated heterocycles. The summed E-state index contributed by atoms with van der Waals surface area (Å²) in [5.41, 5.74) is 2.60. The molecule has 1 aromatic carbocycles. The van der Waals surface area contributed by atoms with Gasteiger partial charge in [0.05, 0.1) is 6.10 Å². The van der Waals surface area contributed by atoms with E-state index in [4.69, 9.17) is 4.74 Å². The molecule has 0 saturated carbocycles. The van der Waals surface area contributed by atoms with Gasteiger partial charge in [0.1, 0.15) is 0 Å². The lowest BCUT2D eigenvalue weighted by molar-refractivity contribution is -0.109. The molecule has 3 heteroatoms. The fraction of sp³-hybridized carbons (Fsp3) is 0.462. The van der Waals surface area contributed by atoms with Crippen LogP contribution in [0.4, 0.5) is 0 Å². The zero-order valence-electron chi connectivity index (χ0n) is 9.60. The quantitative estimate of drug-likeness (QED) is 0.789. The Labute approximate surface area is 100 Å². The topological polar surface area (TPSA) is 26.3 Å². The van der Waals surface area contributed by atoms with Crippen LogP contribution in [-0.2, 0) is 16.0 Å². The van der Waals surface area contributed by atoms with Gasteiger partial charge in [0, 0.05) is 19.3 Å². The molecule has 0 aliphatic heterocycles. The van der Waals surface area contributed by atoms with E-state index in [0.717, 1.165) is 12.8 Å². The summed E-state index contributed by atoms with van der Waals surface area (Å²) in [6.07, 6.45) is 2.11. The predicted octanol–water partition coefficient (Wildman–Crippen LogP) is 2.97. The van der Waals surface area contributed by atoms with Crippen molar-refractivity contribution < 1.29 is 9.53 Å². The first kappa shape index (κ1) is 11.7. The largest absolute Gasteiger partial charge is 0.376 e. The van der Waals surface area contributed by atoms with E-state index in [-0.39, 0.29) is 16.5 Å².